The summed E-state index contributed by atoms with van der Waals surface area (Å²) in [5, 5.41) is 0.191. The lowest BCUT2D eigenvalue weighted by Gasteiger charge is -2.17. The molecule has 0 atom stereocenters. The van der Waals surface area contributed by atoms with E-state index in [0.717, 1.165) is 17.3 Å². The molecule has 9 nitrogen and oxygen atoms in total. The van der Waals surface area contributed by atoms with Gasteiger partial charge in [0.25, 0.3) is 5.56 Å². The van der Waals surface area contributed by atoms with Crippen molar-refractivity contribution in [3.63, 3.8) is 0 Å². The highest BCUT2D eigenvalue weighted by Crippen LogP contribution is 2.19. The number of nitrogens with one attached hydrogen (secondary N) is 1. The Bertz CT molecular complexity index is 1230. The van der Waals surface area contributed by atoms with Crippen LogP contribution in [-0.4, -0.2) is 58.3 Å². The van der Waals surface area contributed by atoms with Gasteiger partial charge in [-0.05, 0) is 30.7 Å². The number of carbonyl (C=O) groups excluding carboxylic acids is 2. The van der Waals surface area contributed by atoms with Gasteiger partial charge in [-0.25, -0.2) is 14.8 Å². The number of fused-ring (bicyclic) bond motifs is 1. The van der Waals surface area contributed by atoms with Crippen molar-refractivity contribution in [1.29, 1.82) is 0 Å². The standard InChI is InChI=1S/C21H20F2N4O5S/c1-11-8-14(19(30)31-3)16-17(24-11)25-21(26-18(16)29)33-10-15(28)27(2)9-12-4-6-13(7-5-12)32-20(22)23/h4-8,20H,9-10H2,1-3H3,(H,24,25,26,29). The molecule has 3 aromatic rings. The van der Waals surface area contributed by atoms with Crippen LogP contribution in [0.4, 0.5) is 8.78 Å². The number of halogens is 2. The van der Waals surface area contributed by atoms with Crippen molar-refractivity contribution >= 4 is 34.7 Å². The number of carbonyl (C=O) groups is 2. The zero-order valence-electron chi connectivity index (χ0n) is 17.9. The van der Waals surface area contributed by atoms with Crippen LogP contribution in [0, 0.1) is 6.92 Å². The number of pyridine rings is 1. The molecule has 0 saturated heterocycles. The lowest BCUT2D eigenvalue weighted by molar-refractivity contribution is -0.127. The molecule has 1 N–H and O–H groups in total. The fourth-order valence-corrected chi connectivity index (χ4v) is 3.76. The van der Waals surface area contributed by atoms with Crippen LogP contribution in [0.1, 0.15) is 21.6 Å². The number of ether oxygens (including phenoxy) is 2. The number of hydrogen-bond donors (Lipinski definition) is 1. The van der Waals surface area contributed by atoms with Crippen molar-refractivity contribution in [2.75, 3.05) is 19.9 Å². The fourth-order valence-electron chi connectivity index (χ4n) is 2.96. The number of nitrogens with zero attached hydrogens (tertiary/aromatic N) is 3. The van der Waals surface area contributed by atoms with Gasteiger partial charge in [-0.3, -0.25) is 9.59 Å². The highest BCUT2D eigenvalue weighted by molar-refractivity contribution is 7.99. The third-order valence-electron chi connectivity index (χ3n) is 4.52. The SMILES string of the molecule is COC(=O)c1cc(C)nc2nc(SCC(=O)N(C)Cc3ccc(OC(F)F)cc3)[nH]c(=O)c12. The van der Waals surface area contributed by atoms with Crippen LogP contribution >= 0.6 is 11.8 Å². The molecule has 0 fully saturated rings. The molecule has 0 aliphatic carbocycles. The Labute approximate surface area is 191 Å². The van der Waals surface area contributed by atoms with Crippen molar-refractivity contribution in [3.05, 3.63) is 57.5 Å². The maximum absolute atomic E-state index is 12.6. The van der Waals surface area contributed by atoms with Crippen LogP contribution in [0.5, 0.6) is 5.75 Å². The van der Waals surface area contributed by atoms with E-state index in [1.165, 1.54) is 30.2 Å². The first-order valence-corrected chi connectivity index (χ1v) is 10.6. The predicted octanol–water partition coefficient (Wildman–Crippen LogP) is 2.77. The molecule has 0 spiro atoms. The van der Waals surface area contributed by atoms with Gasteiger partial charge in [0.2, 0.25) is 5.91 Å². The summed E-state index contributed by atoms with van der Waals surface area (Å²) in [7, 11) is 2.81. The van der Waals surface area contributed by atoms with E-state index in [-0.39, 0.29) is 45.7 Å². The normalized spacial score (nSPS) is 11.0. The number of esters is 1. The van der Waals surface area contributed by atoms with E-state index in [2.05, 4.69) is 19.7 Å². The number of thioether (sulfide) groups is 1. The van der Waals surface area contributed by atoms with Crippen LogP contribution < -0.4 is 10.3 Å². The summed E-state index contributed by atoms with van der Waals surface area (Å²) in [5.41, 5.74) is 0.782. The maximum Gasteiger partial charge on any atom is 0.387 e. The van der Waals surface area contributed by atoms with Gasteiger partial charge >= 0.3 is 12.6 Å². The Hall–Kier alpha value is -3.54. The van der Waals surface area contributed by atoms with Gasteiger partial charge in [-0.1, -0.05) is 23.9 Å². The smallest absolute Gasteiger partial charge is 0.387 e. The Morgan fingerprint density at radius 3 is 2.55 bits per heavy atom. The minimum atomic E-state index is -2.90. The highest BCUT2D eigenvalue weighted by atomic mass is 32.2. The first kappa shape index (κ1) is 24.1. The third kappa shape index (κ3) is 6.04. The molecular weight excluding hydrogens is 458 g/mol. The van der Waals surface area contributed by atoms with Crippen molar-refractivity contribution in [1.82, 2.24) is 19.9 Å². The summed E-state index contributed by atoms with van der Waals surface area (Å²) in [6.07, 6.45) is 0. The molecule has 0 bridgehead atoms. The summed E-state index contributed by atoms with van der Waals surface area (Å²) in [5.74, 6) is -0.913. The number of aryl methyl sites for hydroxylation is 1. The molecule has 174 valence electrons. The van der Waals surface area contributed by atoms with E-state index in [0.29, 0.717) is 5.69 Å². The molecule has 1 aromatic carbocycles. The molecule has 0 unspecified atom stereocenters. The Morgan fingerprint density at radius 2 is 1.91 bits per heavy atom. The Morgan fingerprint density at radius 1 is 1.21 bits per heavy atom. The molecule has 0 aliphatic rings. The summed E-state index contributed by atoms with van der Waals surface area (Å²) in [6.45, 7) is -0.996. The molecule has 2 heterocycles. The number of amides is 1. The predicted molar refractivity (Wildman–Crippen MR) is 117 cm³/mol. The average molecular weight is 478 g/mol. The van der Waals surface area contributed by atoms with Gasteiger partial charge in [0.05, 0.1) is 23.8 Å². The van der Waals surface area contributed by atoms with Crippen LogP contribution in [-0.2, 0) is 16.1 Å². The van der Waals surface area contributed by atoms with E-state index in [1.54, 1.807) is 26.1 Å². The largest absolute Gasteiger partial charge is 0.465 e. The quantitative estimate of drug-likeness (QED) is 0.299. The van der Waals surface area contributed by atoms with E-state index >= 15 is 0 Å². The van der Waals surface area contributed by atoms with Crippen LogP contribution in [0.3, 0.4) is 0 Å². The molecule has 1 amide bonds. The lowest BCUT2D eigenvalue weighted by atomic mass is 10.1. The zero-order chi connectivity index (χ0) is 24.1. The van der Waals surface area contributed by atoms with E-state index in [9.17, 15) is 23.2 Å². The van der Waals surface area contributed by atoms with E-state index < -0.39 is 18.1 Å². The number of rotatable bonds is 8. The molecule has 0 radical (unpaired) electrons. The number of alkyl halides is 2. The topological polar surface area (TPSA) is 114 Å². The summed E-state index contributed by atoms with van der Waals surface area (Å²) in [4.78, 5) is 49.5. The van der Waals surface area contributed by atoms with Gasteiger partial charge in [0, 0.05) is 19.3 Å². The highest BCUT2D eigenvalue weighted by Gasteiger charge is 2.18. The molecular formula is C21H20F2N4O5S. The van der Waals surface area contributed by atoms with Crippen LogP contribution in [0.2, 0.25) is 0 Å². The molecule has 12 heteroatoms. The number of benzene rings is 1. The number of aromatic amines is 1. The first-order valence-electron chi connectivity index (χ1n) is 9.58. The monoisotopic (exact) mass is 478 g/mol. The molecule has 33 heavy (non-hydrogen) atoms. The molecule has 0 aliphatic heterocycles. The van der Waals surface area contributed by atoms with Crippen molar-refractivity contribution in [2.24, 2.45) is 0 Å². The summed E-state index contributed by atoms with van der Waals surface area (Å²) < 4.78 is 33.5. The van der Waals surface area contributed by atoms with Crippen molar-refractivity contribution in [3.8, 4) is 5.75 Å². The van der Waals surface area contributed by atoms with Crippen molar-refractivity contribution in [2.45, 2.75) is 25.2 Å². The zero-order valence-corrected chi connectivity index (χ0v) is 18.7. The number of hydrogen-bond acceptors (Lipinski definition) is 8. The number of H-pyrrole nitrogens is 1. The maximum atomic E-state index is 12.6. The average Bonchev–Trinajstić information content (AvgIpc) is 2.76. The second-order valence-corrected chi connectivity index (χ2v) is 7.90. The third-order valence-corrected chi connectivity index (χ3v) is 5.37. The minimum Gasteiger partial charge on any atom is -0.465 e. The van der Waals surface area contributed by atoms with Gasteiger partial charge in [-0.15, -0.1) is 0 Å². The second kappa shape index (κ2) is 10.4. The van der Waals surface area contributed by atoms with E-state index in [1.807, 2.05) is 0 Å². The van der Waals surface area contributed by atoms with Crippen LogP contribution in [0.25, 0.3) is 11.0 Å². The minimum absolute atomic E-state index is 0.0134. The number of aromatic nitrogens is 3. The molecule has 2 aromatic heterocycles. The van der Waals surface area contributed by atoms with Gasteiger partial charge < -0.3 is 19.4 Å². The van der Waals surface area contributed by atoms with Crippen LogP contribution in [0.15, 0.2) is 40.3 Å². The first-order chi connectivity index (χ1) is 15.7. The lowest BCUT2D eigenvalue weighted by Crippen LogP contribution is -2.28. The van der Waals surface area contributed by atoms with E-state index in [4.69, 9.17) is 4.74 Å². The Kier molecular flexibility index (Phi) is 7.59. The van der Waals surface area contributed by atoms with Crippen molar-refractivity contribution < 1.29 is 27.8 Å². The van der Waals surface area contributed by atoms with Gasteiger partial charge in [0.1, 0.15) is 5.75 Å². The van der Waals surface area contributed by atoms with Gasteiger partial charge in [0.15, 0.2) is 10.8 Å². The number of methoxy groups -OCH3 is 1. The fraction of sp³-hybridized carbons (Fsp3) is 0.286. The molecule has 0 saturated carbocycles. The van der Waals surface area contributed by atoms with Gasteiger partial charge in [-0.2, -0.15) is 8.78 Å². The summed E-state index contributed by atoms with van der Waals surface area (Å²) in [6, 6.07) is 7.42. The molecule has 3 rings (SSSR count). The summed E-state index contributed by atoms with van der Waals surface area (Å²) >= 11 is 1.01. The Balaban J connectivity index is 1.68. The second-order valence-electron chi connectivity index (χ2n) is 6.93.